The first-order valence-corrected chi connectivity index (χ1v) is 10.3. The van der Waals surface area contributed by atoms with E-state index in [-0.39, 0.29) is 5.56 Å². The number of halogens is 3. The molecule has 0 heterocycles. The molecule has 0 spiro atoms. The predicted molar refractivity (Wildman–Crippen MR) is 115 cm³/mol. The van der Waals surface area contributed by atoms with E-state index in [1.54, 1.807) is 0 Å². The van der Waals surface area contributed by atoms with Crippen LogP contribution in [0, 0.1) is 23.5 Å². The average Bonchev–Trinajstić information content (AvgIpc) is 2.73. The van der Waals surface area contributed by atoms with Crippen LogP contribution in [0.1, 0.15) is 47.6 Å². The molecule has 0 bridgehead atoms. The fourth-order valence-electron chi connectivity index (χ4n) is 3.84. The Bertz CT molecular complexity index is 1110. The molecule has 3 aromatic carbocycles. The third kappa shape index (κ3) is 4.21. The second-order valence-corrected chi connectivity index (χ2v) is 7.85. The van der Waals surface area contributed by atoms with Gasteiger partial charge in [-0.2, -0.15) is 0 Å². The van der Waals surface area contributed by atoms with Gasteiger partial charge in [-0.15, -0.1) is 0 Å². The highest BCUT2D eigenvalue weighted by Crippen LogP contribution is 2.34. The summed E-state index contributed by atoms with van der Waals surface area (Å²) in [5.41, 5.74) is 7.75. The molecule has 0 radical (unpaired) electrons. The van der Waals surface area contributed by atoms with Crippen molar-refractivity contribution in [2.24, 2.45) is 0 Å². The summed E-state index contributed by atoms with van der Waals surface area (Å²) in [6, 6.07) is 15.3. The van der Waals surface area contributed by atoms with E-state index in [9.17, 15) is 8.78 Å². The summed E-state index contributed by atoms with van der Waals surface area (Å²) < 4.78 is 27.2. The molecule has 0 aliphatic heterocycles. The van der Waals surface area contributed by atoms with Crippen LogP contribution in [0.15, 0.2) is 48.5 Å². The fourth-order valence-corrected chi connectivity index (χ4v) is 3.94. The van der Waals surface area contributed by atoms with Crippen LogP contribution >= 0.6 is 11.6 Å². The second kappa shape index (κ2) is 8.39. The second-order valence-electron chi connectivity index (χ2n) is 7.47. The first-order valence-electron chi connectivity index (χ1n) is 9.97. The van der Waals surface area contributed by atoms with Crippen molar-refractivity contribution >= 4 is 11.6 Å². The lowest BCUT2D eigenvalue weighted by Gasteiger charge is -2.21. The van der Waals surface area contributed by atoms with Crippen LogP contribution in [-0.2, 0) is 19.3 Å². The van der Waals surface area contributed by atoms with Gasteiger partial charge in [-0.05, 0) is 77.8 Å². The van der Waals surface area contributed by atoms with E-state index >= 15 is 0 Å². The van der Waals surface area contributed by atoms with E-state index in [1.807, 2.05) is 6.07 Å². The van der Waals surface area contributed by atoms with Gasteiger partial charge in [0.05, 0.1) is 0 Å². The lowest BCUT2D eigenvalue weighted by Crippen LogP contribution is -2.05. The van der Waals surface area contributed by atoms with Gasteiger partial charge in [0, 0.05) is 11.1 Å². The summed E-state index contributed by atoms with van der Waals surface area (Å²) in [7, 11) is 0. The number of unbranched alkanes of at least 4 members (excludes halogenated alkanes) is 1. The summed E-state index contributed by atoms with van der Waals surface area (Å²) in [5.74, 6) is 4.26. The molecular formula is C26H21ClF2. The molecule has 0 saturated carbocycles. The monoisotopic (exact) mass is 406 g/mol. The van der Waals surface area contributed by atoms with Crippen LogP contribution in [0.25, 0.3) is 11.1 Å². The van der Waals surface area contributed by atoms with Gasteiger partial charge in [0.25, 0.3) is 0 Å². The van der Waals surface area contributed by atoms with Crippen LogP contribution in [0.5, 0.6) is 0 Å². The molecular weight excluding hydrogens is 386 g/mol. The molecule has 0 atom stereocenters. The number of hydrogen-bond donors (Lipinski definition) is 0. The number of aryl methyl sites for hydroxylation is 3. The lowest BCUT2D eigenvalue weighted by atomic mass is 9.83. The molecule has 3 aromatic rings. The number of hydrogen-bond acceptors (Lipinski definition) is 0. The third-order valence-electron chi connectivity index (χ3n) is 5.38. The van der Waals surface area contributed by atoms with Gasteiger partial charge in [0.1, 0.15) is 16.7 Å². The summed E-state index contributed by atoms with van der Waals surface area (Å²) in [4.78, 5) is 0. The van der Waals surface area contributed by atoms with Gasteiger partial charge in [-0.1, -0.05) is 61.1 Å². The Morgan fingerprint density at radius 3 is 2.14 bits per heavy atom. The topological polar surface area (TPSA) is 0 Å². The van der Waals surface area contributed by atoms with Crippen LogP contribution in [0.3, 0.4) is 0 Å². The van der Waals surface area contributed by atoms with E-state index in [0.29, 0.717) is 0 Å². The van der Waals surface area contributed by atoms with Crippen LogP contribution < -0.4 is 0 Å². The third-order valence-corrected chi connectivity index (χ3v) is 5.74. The minimum Gasteiger partial charge on any atom is -0.205 e. The van der Waals surface area contributed by atoms with Crippen molar-refractivity contribution in [3.05, 3.63) is 93.0 Å². The van der Waals surface area contributed by atoms with Gasteiger partial charge in [-0.25, -0.2) is 8.78 Å². The Kier molecular flexibility index (Phi) is 5.69. The van der Waals surface area contributed by atoms with Gasteiger partial charge in [0.2, 0.25) is 0 Å². The SMILES string of the molecule is CCCCc1ccc2c(c1)CCc1cc(C#Cc3cc(F)c(Cl)c(F)c3)ccc1-2. The van der Waals surface area contributed by atoms with Crippen molar-refractivity contribution in [2.45, 2.75) is 39.0 Å². The summed E-state index contributed by atoms with van der Waals surface area (Å²) in [6.07, 6.45) is 5.56. The van der Waals surface area contributed by atoms with Gasteiger partial charge in [-0.3, -0.25) is 0 Å². The van der Waals surface area contributed by atoms with Crippen LogP contribution in [0.4, 0.5) is 8.78 Å². The molecule has 1 aliphatic carbocycles. The summed E-state index contributed by atoms with van der Waals surface area (Å²) in [6.45, 7) is 2.22. The molecule has 0 unspecified atom stereocenters. The highest BCUT2D eigenvalue weighted by molar-refractivity contribution is 6.30. The number of benzene rings is 3. The standard InChI is InChI=1S/C26H21ClF2/c1-2-3-4-17-7-11-22-20(13-17)9-10-21-14-18(8-12-23(21)22)5-6-19-15-24(28)26(27)25(29)16-19/h7-8,11-16H,2-4,9-10H2,1H3. The summed E-state index contributed by atoms with van der Waals surface area (Å²) in [5, 5.41) is -0.499. The van der Waals surface area contributed by atoms with Crippen LogP contribution in [-0.4, -0.2) is 0 Å². The molecule has 0 aromatic heterocycles. The van der Waals surface area contributed by atoms with Crippen molar-refractivity contribution < 1.29 is 8.78 Å². The Morgan fingerprint density at radius 2 is 1.45 bits per heavy atom. The Morgan fingerprint density at radius 1 is 0.828 bits per heavy atom. The highest BCUT2D eigenvalue weighted by Gasteiger charge is 2.16. The molecule has 4 rings (SSSR count). The fraction of sp³-hybridized carbons (Fsp3) is 0.231. The Labute approximate surface area is 175 Å². The Hall–Kier alpha value is -2.63. The zero-order valence-electron chi connectivity index (χ0n) is 16.3. The van der Waals surface area contributed by atoms with Crippen molar-refractivity contribution in [2.75, 3.05) is 0 Å². The van der Waals surface area contributed by atoms with Crippen molar-refractivity contribution in [1.29, 1.82) is 0 Å². The van der Waals surface area contributed by atoms with Gasteiger partial charge in [0.15, 0.2) is 0 Å². The predicted octanol–water partition coefficient (Wildman–Crippen LogP) is 7.13. The van der Waals surface area contributed by atoms with E-state index < -0.39 is 16.7 Å². The van der Waals surface area contributed by atoms with E-state index in [0.717, 1.165) is 37.0 Å². The lowest BCUT2D eigenvalue weighted by molar-refractivity contribution is 0.583. The minimum absolute atomic E-state index is 0.270. The molecule has 0 saturated heterocycles. The molecule has 0 fully saturated rings. The minimum atomic E-state index is -0.795. The Balaban J connectivity index is 1.61. The smallest absolute Gasteiger partial charge is 0.146 e. The number of fused-ring (bicyclic) bond motifs is 3. The first kappa shape index (κ1) is 19.7. The van der Waals surface area contributed by atoms with Crippen molar-refractivity contribution in [3.63, 3.8) is 0 Å². The first-order chi connectivity index (χ1) is 14.0. The average molecular weight is 407 g/mol. The molecule has 146 valence electrons. The zero-order valence-corrected chi connectivity index (χ0v) is 17.0. The molecule has 0 nitrogen and oxygen atoms in total. The quantitative estimate of drug-likeness (QED) is 0.320. The maximum Gasteiger partial charge on any atom is 0.146 e. The maximum absolute atomic E-state index is 13.6. The van der Waals surface area contributed by atoms with E-state index in [2.05, 4.69) is 49.1 Å². The van der Waals surface area contributed by atoms with Crippen LogP contribution in [0.2, 0.25) is 5.02 Å². The molecule has 0 N–H and O–H groups in total. The molecule has 1 aliphatic rings. The maximum atomic E-state index is 13.6. The van der Waals surface area contributed by atoms with E-state index in [1.165, 1.54) is 40.7 Å². The van der Waals surface area contributed by atoms with Crippen molar-refractivity contribution in [3.8, 4) is 23.0 Å². The van der Waals surface area contributed by atoms with Crippen molar-refractivity contribution in [1.82, 2.24) is 0 Å². The molecule has 0 amide bonds. The highest BCUT2D eigenvalue weighted by atomic mass is 35.5. The normalized spacial score (nSPS) is 12.0. The van der Waals surface area contributed by atoms with E-state index in [4.69, 9.17) is 11.6 Å². The summed E-state index contributed by atoms with van der Waals surface area (Å²) >= 11 is 5.52. The molecule has 29 heavy (non-hydrogen) atoms. The molecule has 3 heteroatoms. The number of rotatable bonds is 3. The van der Waals surface area contributed by atoms with Gasteiger partial charge < -0.3 is 0 Å². The zero-order chi connectivity index (χ0) is 20.4. The van der Waals surface area contributed by atoms with Gasteiger partial charge >= 0.3 is 0 Å². The largest absolute Gasteiger partial charge is 0.205 e.